The van der Waals surface area contributed by atoms with Crippen molar-refractivity contribution >= 4 is 5.91 Å². The highest BCUT2D eigenvalue weighted by atomic mass is 16.1. The van der Waals surface area contributed by atoms with Gasteiger partial charge in [-0.25, -0.2) is 9.97 Å². The van der Waals surface area contributed by atoms with Crippen LogP contribution in [0.1, 0.15) is 28.8 Å². The van der Waals surface area contributed by atoms with E-state index in [9.17, 15) is 4.79 Å². The predicted molar refractivity (Wildman–Crippen MR) is 55.2 cm³/mol. The second-order valence-electron chi connectivity index (χ2n) is 3.65. The molecule has 0 unspecified atom stereocenters. The zero-order valence-corrected chi connectivity index (χ0v) is 8.73. The van der Waals surface area contributed by atoms with Gasteiger partial charge in [-0.15, -0.1) is 0 Å². The number of aromatic nitrogens is 2. The van der Waals surface area contributed by atoms with Crippen LogP contribution >= 0.6 is 0 Å². The molecular formula is C10H14N4O. The summed E-state index contributed by atoms with van der Waals surface area (Å²) >= 11 is 0. The average Bonchev–Trinajstić information content (AvgIpc) is 2.27. The Bertz CT molecular complexity index is 391. The van der Waals surface area contributed by atoms with Crippen molar-refractivity contribution in [1.29, 1.82) is 0 Å². The molecule has 1 aromatic rings. The van der Waals surface area contributed by atoms with Gasteiger partial charge in [-0.2, -0.15) is 0 Å². The fourth-order valence-electron chi connectivity index (χ4n) is 1.75. The number of likely N-dealkylation sites (N-methyl/N-ethyl adjacent to an activating group) is 1. The van der Waals surface area contributed by atoms with Gasteiger partial charge in [-0.1, -0.05) is 6.92 Å². The summed E-state index contributed by atoms with van der Waals surface area (Å²) in [4.78, 5) is 21.3. The lowest BCUT2D eigenvalue weighted by molar-refractivity contribution is 0.0989. The van der Waals surface area contributed by atoms with E-state index in [4.69, 9.17) is 5.73 Å². The molecule has 1 aliphatic heterocycles. The van der Waals surface area contributed by atoms with Crippen LogP contribution in [0.2, 0.25) is 0 Å². The lowest BCUT2D eigenvalue weighted by atomic mass is 10.1. The van der Waals surface area contributed by atoms with Crippen LogP contribution in [-0.4, -0.2) is 33.9 Å². The second kappa shape index (κ2) is 3.94. The topological polar surface area (TPSA) is 72.1 Å². The molecule has 0 spiro atoms. The summed E-state index contributed by atoms with van der Waals surface area (Å²) in [6.45, 7) is 4.92. The Morgan fingerprint density at radius 2 is 2.47 bits per heavy atom. The molecule has 1 aliphatic rings. The minimum atomic E-state index is -0.563. The molecule has 0 aliphatic carbocycles. The summed E-state index contributed by atoms with van der Waals surface area (Å²) in [5.74, 6) is -0.446. The highest BCUT2D eigenvalue weighted by Gasteiger charge is 2.18. The Kier molecular flexibility index (Phi) is 2.64. The van der Waals surface area contributed by atoms with Crippen molar-refractivity contribution in [3.05, 3.63) is 23.3 Å². The average molecular weight is 206 g/mol. The van der Waals surface area contributed by atoms with Crippen molar-refractivity contribution < 1.29 is 4.79 Å². The number of nitrogens with two attached hydrogens (primary N) is 1. The van der Waals surface area contributed by atoms with Crippen molar-refractivity contribution in [2.45, 2.75) is 19.9 Å². The number of primary amides is 1. The third-order valence-electron chi connectivity index (χ3n) is 2.69. The van der Waals surface area contributed by atoms with Gasteiger partial charge in [0.05, 0.1) is 5.69 Å². The van der Waals surface area contributed by atoms with Gasteiger partial charge in [0, 0.05) is 19.3 Å². The first-order valence-electron chi connectivity index (χ1n) is 5.07. The zero-order valence-electron chi connectivity index (χ0n) is 8.73. The van der Waals surface area contributed by atoms with E-state index in [1.165, 1.54) is 0 Å². The molecule has 5 heteroatoms. The van der Waals surface area contributed by atoms with Gasteiger partial charge in [-0.05, 0) is 18.5 Å². The minimum Gasteiger partial charge on any atom is -0.363 e. The Hall–Kier alpha value is -1.49. The molecule has 0 fully saturated rings. The molecule has 0 saturated heterocycles. The standard InChI is InChI=1S/C10H14N4O/c1-2-14-4-3-7-5-12-10(9(11)15)13-8(7)6-14/h5H,2-4,6H2,1H3,(H2,11,15). The largest absolute Gasteiger partial charge is 0.363 e. The van der Waals surface area contributed by atoms with E-state index >= 15 is 0 Å². The summed E-state index contributed by atoms with van der Waals surface area (Å²) in [5.41, 5.74) is 7.20. The fraction of sp³-hybridized carbons (Fsp3) is 0.500. The highest BCUT2D eigenvalue weighted by Crippen LogP contribution is 2.15. The van der Waals surface area contributed by atoms with E-state index in [0.29, 0.717) is 0 Å². The van der Waals surface area contributed by atoms with Crippen LogP contribution in [0.5, 0.6) is 0 Å². The van der Waals surface area contributed by atoms with Gasteiger partial charge < -0.3 is 5.73 Å². The molecule has 1 amide bonds. The molecule has 2 N–H and O–H groups in total. The van der Waals surface area contributed by atoms with Crippen LogP contribution in [0.4, 0.5) is 0 Å². The molecule has 0 radical (unpaired) electrons. The number of rotatable bonds is 2. The van der Waals surface area contributed by atoms with Gasteiger partial charge in [-0.3, -0.25) is 9.69 Å². The van der Waals surface area contributed by atoms with Crippen LogP contribution < -0.4 is 5.73 Å². The summed E-state index contributed by atoms with van der Waals surface area (Å²) < 4.78 is 0. The number of carbonyl (C=O) groups is 1. The highest BCUT2D eigenvalue weighted by molar-refractivity contribution is 5.88. The molecular weight excluding hydrogens is 192 g/mol. The van der Waals surface area contributed by atoms with Crippen LogP contribution in [0.15, 0.2) is 6.20 Å². The number of nitrogens with zero attached hydrogens (tertiary/aromatic N) is 3. The number of hydrogen-bond acceptors (Lipinski definition) is 4. The molecule has 5 nitrogen and oxygen atoms in total. The summed E-state index contributed by atoms with van der Waals surface area (Å²) in [5, 5.41) is 0. The lowest BCUT2D eigenvalue weighted by Gasteiger charge is -2.26. The van der Waals surface area contributed by atoms with E-state index in [0.717, 1.165) is 37.3 Å². The maximum atomic E-state index is 10.9. The SMILES string of the molecule is CCN1CCc2cnc(C(N)=O)nc2C1. The van der Waals surface area contributed by atoms with Gasteiger partial charge in [0.1, 0.15) is 0 Å². The predicted octanol–water partition coefficient (Wildman–Crippen LogP) is -0.0465. The van der Waals surface area contributed by atoms with Crippen LogP contribution in [0.3, 0.4) is 0 Å². The van der Waals surface area contributed by atoms with E-state index in [1.54, 1.807) is 6.20 Å². The number of carbonyl (C=O) groups excluding carboxylic acids is 1. The van der Waals surface area contributed by atoms with E-state index in [1.807, 2.05) is 0 Å². The first-order valence-corrected chi connectivity index (χ1v) is 5.07. The van der Waals surface area contributed by atoms with Crippen molar-refractivity contribution in [2.75, 3.05) is 13.1 Å². The minimum absolute atomic E-state index is 0.117. The molecule has 0 aromatic carbocycles. The maximum Gasteiger partial charge on any atom is 0.286 e. The quantitative estimate of drug-likeness (QED) is 0.736. The molecule has 0 bridgehead atoms. The number of fused-ring (bicyclic) bond motifs is 1. The van der Waals surface area contributed by atoms with Crippen LogP contribution in [0, 0.1) is 0 Å². The van der Waals surface area contributed by atoms with Gasteiger partial charge in [0.25, 0.3) is 5.91 Å². The summed E-state index contributed by atoms with van der Waals surface area (Å²) in [6.07, 6.45) is 2.66. The molecule has 0 saturated carbocycles. The Morgan fingerprint density at radius 3 is 3.13 bits per heavy atom. The third-order valence-corrected chi connectivity index (χ3v) is 2.69. The first kappa shape index (κ1) is 10.0. The Balaban J connectivity index is 2.30. The van der Waals surface area contributed by atoms with E-state index in [-0.39, 0.29) is 5.82 Å². The first-order chi connectivity index (χ1) is 7.20. The number of amides is 1. The second-order valence-corrected chi connectivity index (χ2v) is 3.65. The van der Waals surface area contributed by atoms with Crippen LogP contribution in [-0.2, 0) is 13.0 Å². The van der Waals surface area contributed by atoms with Crippen LogP contribution in [0.25, 0.3) is 0 Å². The van der Waals surface area contributed by atoms with Gasteiger partial charge in [0.2, 0.25) is 5.82 Å². The van der Waals surface area contributed by atoms with Crippen molar-refractivity contribution in [3.8, 4) is 0 Å². The van der Waals surface area contributed by atoms with E-state index < -0.39 is 5.91 Å². The smallest absolute Gasteiger partial charge is 0.286 e. The number of hydrogen-bond donors (Lipinski definition) is 1. The Morgan fingerprint density at radius 1 is 1.67 bits per heavy atom. The molecule has 80 valence electrons. The molecule has 0 atom stereocenters. The lowest BCUT2D eigenvalue weighted by Crippen LogP contribution is -2.32. The molecule has 2 heterocycles. The monoisotopic (exact) mass is 206 g/mol. The fourth-order valence-corrected chi connectivity index (χ4v) is 1.75. The zero-order chi connectivity index (χ0) is 10.8. The summed E-state index contributed by atoms with van der Waals surface area (Å²) in [7, 11) is 0. The normalized spacial score (nSPS) is 16.1. The van der Waals surface area contributed by atoms with Gasteiger partial charge >= 0.3 is 0 Å². The van der Waals surface area contributed by atoms with E-state index in [2.05, 4.69) is 21.8 Å². The maximum absolute atomic E-state index is 10.9. The van der Waals surface area contributed by atoms with Crippen molar-refractivity contribution in [3.63, 3.8) is 0 Å². The third kappa shape index (κ3) is 1.97. The van der Waals surface area contributed by atoms with Gasteiger partial charge in [0.15, 0.2) is 0 Å². The van der Waals surface area contributed by atoms with Crippen molar-refractivity contribution in [1.82, 2.24) is 14.9 Å². The molecule has 15 heavy (non-hydrogen) atoms. The van der Waals surface area contributed by atoms with Crippen molar-refractivity contribution in [2.24, 2.45) is 5.73 Å². The summed E-state index contributed by atoms with van der Waals surface area (Å²) in [6, 6.07) is 0. The molecule has 2 rings (SSSR count). The Labute approximate surface area is 88.3 Å². The molecule has 1 aromatic heterocycles.